The van der Waals surface area contributed by atoms with E-state index in [9.17, 15) is 14.4 Å². The van der Waals surface area contributed by atoms with Crippen LogP contribution in [0.4, 0.5) is 9.59 Å². The molecule has 36 heavy (non-hydrogen) atoms. The van der Waals surface area contributed by atoms with Gasteiger partial charge in [0.05, 0.1) is 12.1 Å². The third-order valence-corrected chi connectivity index (χ3v) is 6.76. The minimum absolute atomic E-state index is 0.0734. The van der Waals surface area contributed by atoms with Gasteiger partial charge in [-0.15, -0.1) is 0 Å². The van der Waals surface area contributed by atoms with E-state index in [0.29, 0.717) is 52.0 Å². The van der Waals surface area contributed by atoms with E-state index in [2.05, 4.69) is 10.2 Å². The largest absolute Gasteiger partial charge is 0.466 e. The lowest BCUT2D eigenvalue weighted by Crippen LogP contribution is -2.59. The quantitative estimate of drug-likeness (QED) is 0.573. The molecule has 2 fully saturated rings. The van der Waals surface area contributed by atoms with Gasteiger partial charge in [0.1, 0.15) is 5.60 Å². The second kappa shape index (κ2) is 12.4. The molecule has 1 aromatic rings. The fourth-order valence-corrected chi connectivity index (χ4v) is 4.78. The van der Waals surface area contributed by atoms with E-state index in [4.69, 9.17) is 9.47 Å². The number of piperidine rings is 1. The molecule has 3 rings (SSSR count). The number of nitrogens with one attached hydrogen (secondary N) is 1. The van der Waals surface area contributed by atoms with Crippen LogP contribution < -0.4 is 5.32 Å². The first-order chi connectivity index (χ1) is 17.1. The fraction of sp³-hybridized carbons (Fsp3) is 0.667. The van der Waals surface area contributed by atoms with Crippen molar-refractivity contribution in [1.29, 1.82) is 0 Å². The first-order valence-corrected chi connectivity index (χ1v) is 13.1. The number of carbonyl (C=O) groups is 3. The van der Waals surface area contributed by atoms with Gasteiger partial charge in [-0.3, -0.25) is 9.69 Å². The number of piperazine rings is 1. The lowest BCUT2D eigenvalue weighted by Gasteiger charge is -2.44. The maximum absolute atomic E-state index is 13.4. The van der Waals surface area contributed by atoms with Gasteiger partial charge in [-0.05, 0) is 59.1 Å². The Bertz CT molecular complexity index is 870. The molecule has 0 aliphatic carbocycles. The average molecular weight is 503 g/mol. The molecule has 0 unspecified atom stereocenters. The van der Waals surface area contributed by atoms with Gasteiger partial charge in [0, 0.05) is 45.7 Å². The lowest BCUT2D eigenvalue weighted by molar-refractivity contribution is -0.143. The maximum atomic E-state index is 13.4. The molecule has 1 N–H and O–H groups in total. The van der Waals surface area contributed by atoms with E-state index < -0.39 is 11.1 Å². The van der Waals surface area contributed by atoms with Crippen molar-refractivity contribution >= 4 is 18.1 Å². The normalized spacial score (nSPS) is 18.4. The number of urea groups is 1. The summed E-state index contributed by atoms with van der Waals surface area (Å²) in [4.78, 5) is 43.4. The molecule has 3 amide bonds. The van der Waals surface area contributed by atoms with Crippen molar-refractivity contribution in [1.82, 2.24) is 20.0 Å². The minimum atomic E-state index is -0.541. The number of amides is 3. The molecule has 200 valence electrons. The Morgan fingerprint density at radius 1 is 0.944 bits per heavy atom. The molecule has 0 radical (unpaired) electrons. The lowest BCUT2D eigenvalue weighted by atomic mass is 9.81. The topological polar surface area (TPSA) is 91.4 Å². The van der Waals surface area contributed by atoms with Crippen LogP contribution in [0, 0.1) is 0 Å². The van der Waals surface area contributed by atoms with Gasteiger partial charge in [0.2, 0.25) is 0 Å². The van der Waals surface area contributed by atoms with Gasteiger partial charge < -0.3 is 24.6 Å². The third-order valence-electron chi connectivity index (χ3n) is 6.76. The van der Waals surface area contributed by atoms with Crippen molar-refractivity contribution in [2.24, 2.45) is 0 Å². The van der Waals surface area contributed by atoms with E-state index in [1.165, 1.54) is 0 Å². The first-order valence-electron chi connectivity index (χ1n) is 13.1. The number of nitrogens with zero attached hydrogens (tertiary/aromatic N) is 3. The zero-order chi connectivity index (χ0) is 26.2. The van der Waals surface area contributed by atoms with Gasteiger partial charge in [0.15, 0.2) is 0 Å². The van der Waals surface area contributed by atoms with Gasteiger partial charge >= 0.3 is 18.1 Å². The molecule has 1 aromatic carbocycles. The standard InChI is InChI=1S/C27H42N4O5/c1-5-35-23(32)12-9-15-29-18-20-30(21-19-29)24(33)28-27(22-10-7-6-8-11-22)13-16-31(17-14-27)25(34)36-26(2,3)4/h6-8,10-11H,5,9,12-21H2,1-4H3,(H,28,33). The predicted octanol–water partition coefficient (Wildman–Crippen LogP) is 3.58. The molecular formula is C27H42N4O5. The van der Waals surface area contributed by atoms with Crippen molar-refractivity contribution < 1.29 is 23.9 Å². The first kappa shape index (κ1) is 27.8. The van der Waals surface area contributed by atoms with Crippen LogP contribution in [0.15, 0.2) is 30.3 Å². The summed E-state index contributed by atoms with van der Waals surface area (Å²) >= 11 is 0. The minimum Gasteiger partial charge on any atom is -0.466 e. The summed E-state index contributed by atoms with van der Waals surface area (Å²) in [6.07, 6.45) is 2.12. The number of ether oxygens (including phenoxy) is 2. The highest BCUT2D eigenvalue weighted by atomic mass is 16.6. The predicted molar refractivity (Wildman–Crippen MR) is 138 cm³/mol. The number of esters is 1. The number of likely N-dealkylation sites (tertiary alicyclic amines) is 1. The van der Waals surface area contributed by atoms with Crippen molar-refractivity contribution in [3.8, 4) is 0 Å². The monoisotopic (exact) mass is 502 g/mol. The highest BCUT2D eigenvalue weighted by Gasteiger charge is 2.40. The summed E-state index contributed by atoms with van der Waals surface area (Å²) in [5, 5.41) is 3.34. The Labute approximate surface area is 215 Å². The molecule has 0 bridgehead atoms. The molecule has 0 spiro atoms. The molecule has 9 heteroatoms. The number of hydrogen-bond donors (Lipinski definition) is 1. The van der Waals surface area contributed by atoms with Crippen molar-refractivity contribution in [2.45, 2.75) is 64.5 Å². The summed E-state index contributed by atoms with van der Waals surface area (Å²) in [6, 6.07) is 9.96. The zero-order valence-electron chi connectivity index (χ0n) is 22.3. The molecule has 0 atom stereocenters. The highest BCUT2D eigenvalue weighted by molar-refractivity contribution is 5.76. The van der Waals surface area contributed by atoms with E-state index >= 15 is 0 Å². The molecule has 2 aliphatic rings. The average Bonchev–Trinajstić information content (AvgIpc) is 2.84. The van der Waals surface area contributed by atoms with Crippen LogP contribution in [-0.2, 0) is 19.8 Å². The van der Waals surface area contributed by atoms with Gasteiger partial charge in [-0.2, -0.15) is 0 Å². The Kier molecular flexibility index (Phi) is 9.59. The van der Waals surface area contributed by atoms with E-state index in [1.54, 1.807) is 4.90 Å². The number of rotatable bonds is 7. The van der Waals surface area contributed by atoms with Gasteiger partial charge in [0.25, 0.3) is 0 Å². The summed E-state index contributed by atoms with van der Waals surface area (Å²) < 4.78 is 10.5. The molecule has 0 saturated carbocycles. The second-order valence-electron chi connectivity index (χ2n) is 10.6. The summed E-state index contributed by atoms with van der Waals surface area (Å²) in [5.41, 5.74) is -0.0202. The fourth-order valence-electron chi connectivity index (χ4n) is 4.78. The molecule has 2 aliphatic heterocycles. The molecule has 2 heterocycles. The van der Waals surface area contributed by atoms with Gasteiger partial charge in [-0.25, -0.2) is 9.59 Å². The summed E-state index contributed by atoms with van der Waals surface area (Å²) in [7, 11) is 0. The van der Waals surface area contributed by atoms with E-state index in [1.807, 2.05) is 62.9 Å². The molecule has 0 aromatic heterocycles. The SMILES string of the molecule is CCOC(=O)CCCN1CCN(C(=O)NC2(c3ccccc3)CCN(C(=O)OC(C)(C)C)CC2)CC1. The van der Waals surface area contributed by atoms with Crippen molar-refractivity contribution in [3.63, 3.8) is 0 Å². The Morgan fingerprint density at radius 3 is 2.17 bits per heavy atom. The molecular weight excluding hydrogens is 460 g/mol. The van der Waals surface area contributed by atoms with Gasteiger partial charge in [-0.1, -0.05) is 30.3 Å². The number of benzene rings is 1. The van der Waals surface area contributed by atoms with Crippen LogP contribution in [0.1, 0.15) is 58.9 Å². The maximum Gasteiger partial charge on any atom is 0.410 e. The zero-order valence-corrected chi connectivity index (χ0v) is 22.3. The highest BCUT2D eigenvalue weighted by Crippen LogP contribution is 2.34. The van der Waals surface area contributed by atoms with Crippen LogP contribution in [-0.4, -0.2) is 90.8 Å². The van der Waals surface area contributed by atoms with Crippen LogP contribution in [0.25, 0.3) is 0 Å². The van der Waals surface area contributed by atoms with Crippen LogP contribution in [0.5, 0.6) is 0 Å². The van der Waals surface area contributed by atoms with E-state index in [0.717, 1.165) is 31.6 Å². The second-order valence-corrected chi connectivity index (χ2v) is 10.6. The Hall–Kier alpha value is -2.81. The Morgan fingerprint density at radius 2 is 1.58 bits per heavy atom. The summed E-state index contributed by atoms with van der Waals surface area (Å²) in [5.74, 6) is -0.153. The summed E-state index contributed by atoms with van der Waals surface area (Å²) in [6.45, 7) is 12.5. The molecule has 9 nitrogen and oxygen atoms in total. The Balaban J connectivity index is 1.56. The van der Waals surface area contributed by atoms with Crippen LogP contribution >= 0.6 is 0 Å². The number of carbonyl (C=O) groups excluding carboxylic acids is 3. The van der Waals surface area contributed by atoms with E-state index in [-0.39, 0.29) is 18.1 Å². The van der Waals surface area contributed by atoms with Crippen molar-refractivity contribution in [3.05, 3.63) is 35.9 Å². The number of hydrogen-bond acceptors (Lipinski definition) is 6. The van der Waals surface area contributed by atoms with Crippen LogP contribution in [0.2, 0.25) is 0 Å². The van der Waals surface area contributed by atoms with Crippen LogP contribution in [0.3, 0.4) is 0 Å². The van der Waals surface area contributed by atoms with Crippen molar-refractivity contribution in [2.75, 3.05) is 52.4 Å². The molecule has 2 saturated heterocycles. The smallest absolute Gasteiger partial charge is 0.410 e. The third kappa shape index (κ3) is 7.85.